The quantitative estimate of drug-likeness (QED) is 0.469. The third-order valence-corrected chi connectivity index (χ3v) is 3.53. The molecular weight excluding hydrogens is 295 g/mol. The zero-order chi connectivity index (χ0) is 16.7. The van der Waals surface area contributed by atoms with Crippen LogP contribution in [-0.2, 0) is 6.54 Å². The Morgan fingerprint density at radius 2 is 2.00 bits per heavy atom. The van der Waals surface area contributed by atoms with Crippen molar-refractivity contribution in [1.29, 1.82) is 5.26 Å². The van der Waals surface area contributed by atoms with Gasteiger partial charge in [-0.2, -0.15) is 5.26 Å². The van der Waals surface area contributed by atoms with E-state index in [9.17, 15) is 0 Å². The van der Waals surface area contributed by atoms with Gasteiger partial charge in [-0.25, -0.2) is 4.68 Å². The minimum absolute atomic E-state index is 0.306. The van der Waals surface area contributed by atoms with Gasteiger partial charge in [0.15, 0.2) is 5.82 Å². The molecule has 0 radical (unpaired) electrons. The van der Waals surface area contributed by atoms with Gasteiger partial charge in [0.2, 0.25) is 0 Å². The Hall–Kier alpha value is -2.28. The molecule has 1 aromatic carbocycles. The third-order valence-electron chi connectivity index (χ3n) is 3.53. The van der Waals surface area contributed by atoms with E-state index < -0.39 is 7.12 Å². The average Bonchev–Trinajstić information content (AvgIpc) is 3.00. The molecule has 9 heteroatoms. The van der Waals surface area contributed by atoms with Crippen LogP contribution >= 0.6 is 0 Å². The summed E-state index contributed by atoms with van der Waals surface area (Å²) in [6.07, 6.45) is 2.45. The van der Waals surface area contributed by atoms with Crippen LogP contribution in [0.1, 0.15) is 42.3 Å². The lowest BCUT2D eigenvalue weighted by Crippen LogP contribution is -2.18. The zero-order valence-electron chi connectivity index (χ0n) is 12.7. The predicted octanol–water partition coefficient (Wildman–Crippen LogP) is 0.236. The van der Waals surface area contributed by atoms with Gasteiger partial charge in [-0.3, -0.25) is 0 Å². The number of nitrogens with two attached hydrogens (primary N) is 1. The van der Waals surface area contributed by atoms with Crippen molar-refractivity contribution in [2.75, 3.05) is 0 Å². The number of tetrazole rings is 1. The monoisotopic (exact) mass is 314 g/mol. The van der Waals surface area contributed by atoms with Gasteiger partial charge in [-0.1, -0.05) is 25.0 Å². The van der Waals surface area contributed by atoms with E-state index in [1.54, 1.807) is 16.8 Å². The minimum Gasteiger partial charge on any atom is -0.427 e. The molecule has 0 aliphatic heterocycles. The number of aromatic nitrogens is 4. The highest BCUT2D eigenvalue weighted by Gasteiger charge is 2.15. The molecule has 1 atom stereocenters. The second-order valence-electron chi connectivity index (χ2n) is 5.38. The second-order valence-corrected chi connectivity index (χ2v) is 5.38. The maximum atomic E-state index is 8.81. The first-order valence-corrected chi connectivity index (χ1v) is 7.47. The molecule has 0 spiro atoms. The number of rotatable bonds is 8. The van der Waals surface area contributed by atoms with Crippen molar-refractivity contribution in [2.45, 2.75) is 38.2 Å². The highest BCUT2D eigenvalue weighted by atomic mass is 16.4. The predicted molar refractivity (Wildman–Crippen MR) is 83.9 cm³/mol. The average molecular weight is 314 g/mol. The van der Waals surface area contributed by atoms with E-state index >= 15 is 0 Å². The summed E-state index contributed by atoms with van der Waals surface area (Å²) in [5.74, 6) is 0.596. The second kappa shape index (κ2) is 8.38. The summed E-state index contributed by atoms with van der Waals surface area (Å²) < 4.78 is 1.65. The van der Waals surface area contributed by atoms with Crippen LogP contribution in [0, 0.1) is 11.3 Å². The molecule has 0 amide bonds. The Balaban J connectivity index is 1.94. The van der Waals surface area contributed by atoms with Gasteiger partial charge < -0.3 is 15.8 Å². The first-order valence-electron chi connectivity index (χ1n) is 7.47. The number of nitrogens with zero attached hydrogens (tertiary/aromatic N) is 5. The summed E-state index contributed by atoms with van der Waals surface area (Å²) in [6, 6.07) is 8.99. The van der Waals surface area contributed by atoms with Crippen LogP contribution in [-0.4, -0.2) is 37.4 Å². The SMILES string of the molecule is N#Cc1ccc(Cn2nnnc2C(N)CCCCB(O)O)cc1. The molecule has 0 bridgehead atoms. The van der Waals surface area contributed by atoms with Crippen LogP contribution in [0.3, 0.4) is 0 Å². The topological polar surface area (TPSA) is 134 Å². The van der Waals surface area contributed by atoms with Crippen molar-refractivity contribution in [3.05, 3.63) is 41.2 Å². The van der Waals surface area contributed by atoms with E-state index in [2.05, 4.69) is 21.6 Å². The van der Waals surface area contributed by atoms with Crippen LogP contribution in [0.5, 0.6) is 0 Å². The number of hydrogen-bond donors (Lipinski definition) is 3. The minimum atomic E-state index is -1.27. The standard InChI is InChI=1S/C14H19BN6O2/c16-9-11-4-6-12(7-5-11)10-21-14(18-19-20-21)13(17)3-1-2-8-15(22)23/h4-7,13,22-23H,1-3,8,10,17H2. The zero-order valence-corrected chi connectivity index (χ0v) is 12.7. The maximum Gasteiger partial charge on any atom is 0.451 e. The lowest BCUT2D eigenvalue weighted by Gasteiger charge is -2.11. The molecule has 8 nitrogen and oxygen atoms in total. The van der Waals surface area contributed by atoms with E-state index in [1.807, 2.05) is 12.1 Å². The van der Waals surface area contributed by atoms with Crippen molar-refractivity contribution in [3.8, 4) is 6.07 Å². The molecule has 2 rings (SSSR count). The Morgan fingerprint density at radius 3 is 2.65 bits per heavy atom. The Morgan fingerprint density at radius 1 is 1.26 bits per heavy atom. The van der Waals surface area contributed by atoms with Crippen molar-refractivity contribution < 1.29 is 10.0 Å². The molecule has 0 aliphatic carbocycles. The van der Waals surface area contributed by atoms with Crippen LogP contribution in [0.4, 0.5) is 0 Å². The molecule has 120 valence electrons. The van der Waals surface area contributed by atoms with Crippen LogP contribution in [0.2, 0.25) is 6.32 Å². The Bertz CT molecular complexity index is 652. The van der Waals surface area contributed by atoms with E-state index in [0.717, 1.165) is 12.0 Å². The summed E-state index contributed by atoms with van der Waals surface area (Å²) in [5.41, 5.74) is 7.71. The highest BCUT2D eigenvalue weighted by Crippen LogP contribution is 2.16. The van der Waals surface area contributed by atoms with Gasteiger partial charge in [0.1, 0.15) is 0 Å². The summed E-state index contributed by atoms with van der Waals surface area (Å²) in [7, 11) is -1.27. The fourth-order valence-electron chi connectivity index (χ4n) is 2.27. The van der Waals surface area contributed by atoms with Crippen molar-refractivity contribution >= 4 is 7.12 Å². The van der Waals surface area contributed by atoms with E-state index in [0.29, 0.717) is 37.1 Å². The summed E-state index contributed by atoms with van der Waals surface area (Å²) in [5, 5.41) is 38.1. The lowest BCUT2D eigenvalue weighted by atomic mass is 9.83. The summed E-state index contributed by atoms with van der Waals surface area (Å²) >= 11 is 0. The molecule has 4 N–H and O–H groups in total. The molecule has 1 heterocycles. The van der Waals surface area contributed by atoms with Crippen molar-refractivity contribution in [2.24, 2.45) is 5.73 Å². The molecule has 23 heavy (non-hydrogen) atoms. The molecule has 0 saturated heterocycles. The van der Waals surface area contributed by atoms with Crippen LogP contribution < -0.4 is 5.73 Å². The molecule has 0 saturated carbocycles. The molecule has 0 aliphatic rings. The van der Waals surface area contributed by atoms with Gasteiger partial charge in [0, 0.05) is 0 Å². The third kappa shape index (κ3) is 5.14. The fraction of sp³-hybridized carbons (Fsp3) is 0.429. The Kier molecular flexibility index (Phi) is 6.23. The van der Waals surface area contributed by atoms with Gasteiger partial charge in [0.25, 0.3) is 0 Å². The largest absolute Gasteiger partial charge is 0.451 e. The van der Waals surface area contributed by atoms with Gasteiger partial charge >= 0.3 is 7.12 Å². The smallest absolute Gasteiger partial charge is 0.427 e. The number of nitriles is 1. The van der Waals surface area contributed by atoms with Crippen molar-refractivity contribution in [3.63, 3.8) is 0 Å². The lowest BCUT2D eigenvalue weighted by molar-refractivity contribution is 0.400. The maximum absolute atomic E-state index is 8.81. The van der Waals surface area contributed by atoms with E-state index in [4.69, 9.17) is 21.0 Å². The molecule has 0 fully saturated rings. The van der Waals surface area contributed by atoms with Crippen molar-refractivity contribution in [1.82, 2.24) is 20.2 Å². The molecular formula is C14H19BN6O2. The van der Waals surface area contributed by atoms with E-state index in [-0.39, 0.29) is 6.04 Å². The van der Waals surface area contributed by atoms with E-state index in [1.165, 1.54) is 0 Å². The molecule has 1 unspecified atom stereocenters. The van der Waals surface area contributed by atoms with Gasteiger partial charge in [-0.15, -0.1) is 5.10 Å². The summed E-state index contributed by atoms with van der Waals surface area (Å²) in [4.78, 5) is 0. The number of hydrogen-bond acceptors (Lipinski definition) is 7. The normalized spacial score (nSPS) is 11.9. The Labute approximate surface area is 134 Å². The van der Waals surface area contributed by atoms with Gasteiger partial charge in [-0.05, 0) is 40.9 Å². The van der Waals surface area contributed by atoms with Crippen LogP contribution in [0.25, 0.3) is 0 Å². The first-order chi connectivity index (χ1) is 11.1. The number of benzene rings is 1. The molecule has 1 aromatic heterocycles. The first kappa shape index (κ1) is 17.1. The molecule has 2 aromatic rings. The fourth-order valence-corrected chi connectivity index (χ4v) is 2.27. The van der Waals surface area contributed by atoms with Crippen LogP contribution in [0.15, 0.2) is 24.3 Å². The number of unbranched alkanes of at least 4 members (excludes halogenated alkanes) is 1. The van der Waals surface area contributed by atoms with Gasteiger partial charge in [0.05, 0.1) is 24.2 Å². The highest BCUT2D eigenvalue weighted by molar-refractivity contribution is 6.40. The summed E-state index contributed by atoms with van der Waals surface area (Å²) in [6.45, 7) is 0.483.